The Morgan fingerprint density at radius 1 is 1.15 bits per heavy atom. The van der Waals surface area contributed by atoms with Crippen molar-refractivity contribution in [2.75, 3.05) is 37.4 Å². The average Bonchev–Trinajstić information content (AvgIpc) is 2.57. The van der Waals surface area contributed by atoms with Gasteiger partial charge in [-0.15, -0.1) is 0 Å². The fraction of sp³-hybridized carbons (Fsp3) is 0.625. The summed E-state index contributed by atoms with van der Waals surface area (Å²) in [6.07, 6.45) is 0.742. The number of nitrogens with one attached hydrogen (secondary N) is 1. The number of hydrogen-bond acceptors (Lipinski definition) is 6. The topological polar surface area (TPSA) is 102 Å². The van der Waals surface area contributed by atoms with Gasteiger partial charge in [-0.2, -0.15) is 0 Å². The second-order valence-corrected chi connectivity index (χ2v) is 10.0. The number of methoxy groups -OCH3 is 2. The van der Waals surface area contributed by atoms with Gasteiger partial charge in [0.15, 0.2) is 6.29 Å². The van der Waals surface area contributed by atoms with Crippen LogP contribution in [0.5, 0.6) is 0 Å². The number of anilines is 1. The van der Waals surface area contributed by atoms with E-state index in [-0.39, 0.29) is 17.2 Å². The quantitative estimate of drug-likeness (QED) is 0.681. The maximum atomic E-state index is 12.6. The molecule has 0 aromatic heterocycles. The van der Waals surface area contributed by atoms with E-state index in [0.717, 1.165) is 6.42 Å². The van der Waals surface area contributed by atoms with Gasteiger partial charge in [0.2, 0.25) is 20.0 Å². The molecule has 1 aliphatic heterocycles. The summed E-state index contributed by atoms with van der Waals surface area (Å²) in [5, 5.41) is 0. The molecule has 1 saturated heterocycles. The van der Waals surface area contributed by atoms with Crippen LogP contribution >= 0.6 is 0 Å². The van der Waals surface area contributed by atoms with E-state index < -0.39 is 26.3 Å². The second-order valence-electron chi connectivity index (χ2n) is 6.25. The van der Waals surface area contributed by atoms with Gasteiger partial charge in [0.1, 0.15) is 0 Å². The molecule has 10 heteroatoms. The fourth-order valence-electron chi connectivity index (χ4n) is 2.91. The number of hydrogen-bond donors (Lipinski definition) is 1. The SMILES string of the molecule is COC(CNS(=O)(=O)c1cc(C)c(N2CCCCS2(=O)=O)cc1C)OC. The Morgan fingerprint density at radius 2 is 1.81 bits per heavy atom. The predicted octanol–water partition coefficient (Wildman–Crippen LogP) is 1.13. The molecule has 0 atom stereocenters. The van der Waals surface area contributed by atoms with Gasteiger partial charge in [0, 0.05) is 20.8 Å². The second kappa shape index (κ2) is 8.22. The van der Waals surface area contributed by atoms with Crippen LogP contribution in [0.25, 0.3) is 0 Å². The summed E-state index contributed by atoms with van der Waals surface area (Å²) < 4.78 is 63.7. The highest BCUT2D eigenvalue weighted by Gasteiger charge is 2.29. The van der Waals surface area contributed by atoms with E-state index in [2.05, 4.69) is 4.72 Å². The normalized spacial score (nSPS) is 17.7. The zero-order valence-electron chi connectivity index (χ0n) is 15.5. The summed E-state index contributed by atoms with van der Waals surface area (Å²) in [5.41, 5.74) is 1.61. The van der Waals surface area contributed by atoms with Crippen LogP contribution in [0, 0.1) is 13.8 Å². The predicted molar refractivity (Wildman–Crippen MR) is 99.3 cm³/mol. The molecule has 1 fully saturated rings. The van der Waals surface area contributed by atoms with Gasteiger partial charge in [0.05, 0.1) is 22.9 Å². The number of aryl methyl sites for hydroxylation is 2. The lowest BCUT2D eigenvalue weighted by Gasteiger charge is -2.30. The maximum Gasteiger partial charge on any atom is 0.241 e. The molecule has 1 aromatic rings. The largest absolute Gasteiger partial charge is 0.355 e. The summed E-state index contributed by atoms with van der Waals surface area (Å²) in [4.78, 5) is 0.110. The van der Waals surface area contributed by atoms with E-state index in [1.54, 1.807) is 19.9 Å². The van der Waals surface area contributed by atoms with Crippen LogP contribution in [-0.4, -0.2) is 56.2 Å². The molecular weight excluding hydrogens is 380 g/mol. The molecule has 0 amide bonds. The van der Waals surface area contributed by atoms with Gasteiger partial charge in [-0.05, 0) is 49.9 Å². The minimum Gasteiger partial charge on any atom is -0.355 e. The van der Waals surface area contributed by atoms with Crippen LogP contribution in [0.1, 0.15) is 24.0 Å². The van der Waals surface area contributed by atoms with Crippen molar-refractivity contribution in [3.8, 4) is 0 Å². The summed E-state index contributed by atoms with van der Waals surface area (Å²) >= 11 is 0. The van der Waals surface area contributed by atoms with Crippen molar-refractivity contribution in [3.63, 3.8) is 0 Å². The smallest absolute Gasteiger partial charge is 0.241 e. The zero-order valence-corrected chi connectivity index (χ0v) is 17.1. The Balaban J connectivity index is 2.34. The Labute approximate surface area is 155 Å². The lowest BCUT2D eigenvalue weighted by molar-refractivity contribution is -0.0960. The molecule has 0 aliphatic carbocycles. The van der Waals surface area contributed by atoms with Crippen LogP contribution in [0.15, 0.2) is 17.0 Å². The highest BCUT2D eigenvalue weighted by Crippen LogP contribution is 2.31. The molecule has 0 unspecified atom stereocenters. The molecule has 1 aliphatic rings. The first kappa shape index (κ1) is 21.1. The van der Waals surface area contributed by atoms with Crippen LogP contribution in [0.2, 0.25) is 0 Å². The third kappa shape index (κ3) is 4.55. The van der Waals surface area contributed by atoms with Crippen LogP contribution in [0.4, 0.5) is 5.69 Å². The highest BCUT2D eigenvalue weighted by molar-refractivity contribution is 7.92. The summed E-state index contributed by atoms with van der Waals surface area (Å²) in [6.45, 7) is 3.75. The molecule has 1 heterocycles. The van der Waals surface area contributed by atoms with E-state index in [1.807, 2.05) is 0 Å². The first-order chi connectivity index (χ1) is 12.1. The standard InChI is InChI=1S/C16H26N2O6S2/c1-12-10-15(26(21,22)17-11-16(23-3)24-4)13(2)9-14(12)18-7-5-6-8-25(18,19)20/h9-10,16-17H,5-8,11H2,1-4H3. The molecule has 0 radical (unpaired) electrons. The van der Waals surface area contributed by atoms with E-state index in [1.165, 1.54) is 24.6 Å². The average molecular weight is 407 g/mol. The summed E-state index contributed by atoms with van der Waals surface area (Å²) in [6, 6.07) is 3.13. The first-order valence-corrected chi connectivity index (χ1v) is 11.4. The lowest BCUT2D eigenvalue weighted by Crippen LogP contribution is -2.38. The van der Waals surface area contributed by atoms with Crippen LogP contribution < -0.4 is 9.03 Å². The van der Waals surface area contributed by atoms with Crippen molar-refractivity contribution in [2.24, 2.45) is 0 Å². The lowest BCUT2D eigenvalue weighted by atomic mass is 10.1. The fourth-order valence-corrected chi connectivity index (χ4v) is 5.93. The molecule has 1 N–H and O–H groups in total. The van der Waals surface area contributed by atoms with Crippen molar-refractivity contribution in [1.29, 1.82) is 0 Å². The zero-order chi connectivity index (χ0) is 19.5. The molecule has 8 nitrogen and oxygen atoms in total. The highest BCUT2D eigenvalue weighted by atomic mass is 32.2. The third-order valence-corrected chi connectivity index (χ3v) is 7.79. The molecule has 26 heavy (non-hydrogen) atoms. The Morgan fingerprint density at radius 3 is 2.38 bits per heavy atom. The van der Waals surface area contributed by atoms with Crippen molar-refractivity contribution in [2.45, 2.75) is 37.9 Å². The molecule has 148 valence electrons. The summed E-state index contributed by atoms with van der Waals surface area (Å²) in [7, 11) is -4.30. The van der Waals surface area contributed by atoms with Gasteiger partial charge < -0.3 is 9.47 Å². The molecule has 0 saturated carbocycles. The third-order valence-electron chi connectivity index (χ3n) is 4.37. The van der Waals surface area contributed by atoms with E-state index >= 15 is 0 Å². The van der Waals surface area contributed by atoms with Crippen molar-refractivity contribution < 1.29 is 26.3 Å². The Hall–Kier alpha value is -1.20. The van der Waals surface area contributed by atoms with Crippen molar-refractivity contribution in [1.82, 2.24) is 4.72 Å². The van der Waals surface area contributed by atoms with E-state index in [4.69, 9.17) is 9.47 Å². The Bertz CT molecular complexity index is 848. The number of nitrogens with zero attached hydrogens (tertiary/aromatic N) is 1. The molecule has 0 spiro atoms. The van der Waals surface area contributed by atoms with Gasteiger partial charge in [-0.25, -0.2) is 21.6 Å². The maximum absolute atomic E-state index is 12.6. The van der Waals surface area contributed by atoms with E-state index in [9.17, 15) is 16.8 Å². The van der Waals surface area contributed by atoms with Gasteiger partial charge >= 0.3 is 0 Å². The van der Waals surface area contributed by atoms with Gasteiger partial charge in [-0.3, -0.25) is 4.31 Å². The number of rotatable bonds is 7. The molecule has 0 bridgehead atoms. The molecule has 2 rings (SSSR count). The number of sulfonamides is 2. The molecular formula is C16H26N2O6S2. The van der Waals surface area contributed by atoms with Gasteiger partial charge in [-0.1, -0.05) is 0 Å². The summed E-state index contributed by atoms with van der Waals surface area (Å²) in [5.74, 6) is 0.114. The number of ether oxygens (including phenoxy) is 2. The van der Waals surface area contributed by atoms with Crippen LogP contribution in [-0.2, 0) is 29.5 Å². The van der Waals surface area contributed by atoms with Crippen LogP contribution in [0.3, 0.4) is 0 Å². The van der Waals surface area contributed by atoms with Crippen molar-refractivity contribution >= 4 is 25.7 Å². The minimum atomic E-state index is -3.78. The first-order valence-electron chi connectivity index (χ1n) is 8.29. The van der Waals surface area contributed by atoms with E-state index in [0.29, 0.717) is 29.8 Å². The van der Waals surface area contributed by atoms with Gasteiger partial charge in [0.25, 0.3) is 0 Å². The Kier molecular flexibility index (Phi) is 6.67. The monoisotopic (exact) mass is 406 g/mol. The minimum absolute atomic E-state index is 0.0317. The molecule has 1 aromatic carbocycles. The number of benzene rings is 1. The van der Waals surface area contributed by atoms with Crippen molar-refractivity contribution in [3.05, 3.63) is 23.3 Å².